The van der Waals surface area contributed by atoms with Gasteiger partial charge in [-0.25, -0.2) is 0 Å². The zero-order valence-electron chi connectivity index (χ0n) is 10.6. The van der Waals surface area contributed by atoms with E-state index in [4.69, 9.17) is 4.11 Å². The Morgan fingerprint density at radius 1 is 1.46 bits per heavy atom. The van der Waals surface area contributed by atoms with Crippen LogP contribution < -0.4 is 0 Å². The fraction of sp³-hybridized carbons (Fsp3) is 0.417. The Kier molecular flexibility index (Phi) is 1.16. The minimum atomic E-state index is -2.22. The van der Waals surface area contributed by atoms with E-state index in [-0.39, 0.29) is 5.78 Å². The normalized spacial score (nSPS) is 31.5. The summed E-state index contributed by atoms with van der Waals surface area (Å²) in [5.41, 5.74) is 0.322. The molecule has 1 heteroatoms. The van der Waals surface area contributed by atoms with Crippen molar-refractivity contribution in [3.63, 3.8) is 0 Å². The highest BCUT2D eigenvalue weighted by atomic mass is 16.1. The summed E-state index contributed by atoms with van der Waals surface area (Å²) in [6.07, 6.45) is 1.07. The molecule has 1 nitrogen and oxygen atoms in total. The van der Waals surface area contributed by atoms with Gasteiger partial charge < -0.3 is 0 Å². The molecular weight excluding hydrogens is 162 g/mol. The summed E-state index contributed by atoms with van der Waals surface area (Å²) in [6.45, 7) is -0.671. The van der Waals surface area contributed by atoms with Crippen LogP contribution in [0.2, 0.25) is 0 Å². The molecule has 13 heavy (non-hydrogen) atoms. The van der Waals surface area contributed by atoms with Crippen LogP contribution in [0.3, 0.4) is 0 Å². The topological polar surface area (TPSA) is 17.1 Å². The van der Waals surface area contributed by atoms with Gasteiger partial charge in [0.25, 0.3) is 0 Å². The SMILES string of the molecule is [2H][13C]([2H])([2H])C1([13CH3])CCc2ccccc2C1=O. The highest BCUT2D eigenvalue weighted by Crippen LogP contribution is 2.34. The molecule has 1 aliphatic rings. The molecule has 0 aromatic heterocycles. The molecule has 2 rings (SSSR count). The molecule has 0 amide bonds. The molecule has 0 aliphatic heterocycles. The third-order valence-corrected chi connectivity index (χ3v) is 2.66. The zero-order chi connectivity index (χ0) is 12.0. The van der Waals surface area contributed by atoms with E-state index in [1.807, 2.05) is 12.1 Å². The van der Waals surface area contributed by atoms with Crippen LogP contribution in [0.1, 0.15) is 40.2 Å². The Morgan fingerprint density at radius 2 is 2.23 bits per heavy atom. The van der Waals surface area contributed by atoms with Gasteiger partial charge in [0.15, 0.2) is 5.78 Å². The van der Waals surface area contributed by atoms with Crippen molar-refractivity contribution in [2.75, 3.05) is 0 Å². The van der Waals surface area contributed by atoms with Gasteiger partial charge in [0.2, 0.25) is 0 Å². The number of ketones is 1. The first-order chi connectivity index (χ1) is 7.36. The number of Topliss-reactive ketones (excluding diaryl/α,β-unsaturated/α-hetero) is 1. The van der Waals surface area contributed by atoms with Crippen molar-refractivity contribution in [1.29, 1.82) is 0 Å². The second kappa shape index (κ2) is 2.69. The van der Waals surface area contributed by atoms with Crippen molar-refractivity contribution in [3.8, 4) is 0 Å². The maximum atomic E-state index is 12.2. The molecule has 0 spiro atoms. The first kappa shape index (κ1) is 5.58. The lowest BCUT2D eigenvalue weighted by Crippen LogP contribution is -2.30. The summed E-state index contributed by atoms with van der Waals surface area (Å²) >= 11 is 0. The summed E-state index contributed by atoms with van der Waals surface area (Å²) in [6, 6.07) is 7.28. The van der Waals surface area contributed by atoms with Crippen LogP contribution in [0.5, 0.6) is 0 Å². The molecule has 1 unspecified atom stereocenters. The molecule has 0 saturated heterocycles. The maximum Gasteiger partial charge on any atom is 0.168 e. The molecule has 1 atom stereocenters. The summed E-state index contributed by atoms with van der Waals surface area (Å²) in [7, 11) is 0. The molecule has 1 aromatic carbocycles. The Morgan fingerprint density at radius 3 is 3.00 bits per heavy atom. The zero-order valence-corrected chi connectivity index (χ0v) is 7.63. The first-order valence-corrected chi connectivity index (χ1v) is 4.49. The van der Waals surface area contributed by atoms with Crippen molar-refractivity contribution in [2.45, 2.75) is 26.6 Å². The number of carbonyl (C=O) groups is 1. The summed E-state index contributed by atoms with van der Waals surface area (Å²) < 4.78 is 22.5. The largest absolute Gasteiger partial charge is 0.294 e. The number of aryl methyl sites for hydroxylation is 1. The molecule has 0 heterocycles. The Bertz CT molecular complexity index is 436. The van der Waals surface area contributed by atoms with E-state index >= 15 is 0 Å². The van der Waals surface area contributed by atoms with E-state index in [9.17, 15) is 4.79 Å². The standard InChI is InChI=1S/C12H14O/c1-12(2)8-7-9-5-3-4-6-10(9)11(12)13/h3-6H,7-8H2,1-2H3/i1+1,2+1D3. The molecule has 1 aliphatic carbocycles. The molecule has 0 radical (unpaired) electrons. The van der Waals surface area contributed by atoms with Crippen LogP contribution in [-0.4, -0.2) is 5.78 Å². The molecular formula is C12H14O. The van der Waals surface area contributed by atoms with E-state index < -0.39 is 12.3 Å². The summed E-state index contributed by atoms with van der Waals surface area (Å²) in [5, 5.41) is 0. The number of fused-ring (bicyclic) bond motifs is 1. The number of benzene rings is 1. The van der Waals surface area contributed by atoms with Gasteiger partial charge in [-0.05, 0) is 18.4 Å². The quantitative estimate of drug-likeness (QED) is 0.560. The Hall–Kier alpha value is -1.11. The van der Waals surface area contributed by atoms with Crippen molar-refractivity contribution >= 4 is 5.78 Å². The van der Waals surface area contributed by atoms with Gasteiger partial charge in [0.05, 0.1) is 0 Å². The van der Waals surface area contributed by atoms with Gasteiger partial charge in [-0.15, -0.1) is 0 Å². The van der Waals surface area contributed by atoms with Gasteiger partial charge in [-0.1, -0.05) is 38.0 Å². The molecule has 68 valence electrons. The highest BCUT2D eigenvalue weighted by Gasteiger charge is 2.33. The van der Waals surface area contributed by atoms with Crippen LogP contribution >= 0.6 is 0 Å². The van der Waals surface area contributed by atoms with Crippen molar-refractivity contribution in [2.24, 2.45) is 5.41 Å². The molecule has 0 N–H and O–H groups in total. The first-order valence-electron chi connectivity index (χ1n) is 5.99. The van der Waals surface area contributed by atoms with Crippen molar-refractivity contribution in [1.82, 2.24) is 0 Å². The molecule has 0 saturated carbocycles. The van der Waals surface area contributed by atoms with Crippen LogP contribution in [0.25, 0.3) is 0 Å². The van der Waals surface area contributed by atoms with E-state index in [1.54, 1.807) is 19.1 Å². The number of hydrogen-bond acceptors (Lipinski definition) is 1. The minimum absolute atomic E-state index is 0.241. The number of rotatable bonds is 0. The third kappa shape index (κ3) is 1.28. The van der Waals surface area contributed by atoms with E-state index in [0.717, 1.165) is 5.56 Å². The monoisotopic (exact) mass is 179 g/mol. The fourth-order valence-electron chi connectivity index (χ4n) is 1.76. The van der Waals surface area contributed by atoms with Gasteiger partial charge >= 0.3 is 0 Å². The van der Waals surface area contributed by atoms with Gasteiger partial charge in [-0.3, -0.25) is 4.79 Å². The van der Waals surface area contributed by atoms with Crippen LogP contribution in [0.15, 0.2) is 24.3 Å². The van der Waals surface area contributed by atoms with Crippen molar-refractivity contribution in [3.05, 3.63) is 35.4 Å². The third-order valence-electron chi connectivity index (χ3n) is 2.66. The highest BCUT2D eigenvalue weighted by molar-refractivity contribution is 6.02. The maximum absolute atomic E-state index is 12.2. The second-order valence-corrected chi connectivity index (χ2v) is 3.82. The average molecular weight is 179 g/mol. The van der Waals surface area contributed by atoms with Gasteiger partial charge in [0.1, 0.15) is 0 Å². The lowest BCUT2D eigenvalue weighted by atomic mass is 9.80. The van der Waals surface area contributed by atoms with Crippen LogP contribution in [0, 0.1) is 5.41 Å². The fourth-order valence-corrected chi connectivity index (χ4v) is 1.76. The smallest absolute Gasteiger partial charge is 0.168 e. The minimum Gasteiger partial charge on any atom is -0.294 e. The van der Waals surface area contributed by atoms with E-state index in [1.165, 1.54) is 0 Å². The molecule has 1 aromatic rings. The van der Waals surface area contributed by atoms with Gasteiger partial charge in [-0.2, -0.15) is 0 Å². The predicted molar refractivity (Wildman–Crippen MR) is 52.9 cm³/mol. The lowest BCUT2D eigenvalue weighted by Gasteiger charge is -2.29. The Labute approximate surface area is 83.0 Å². The Balaban J connectivity index is 2.50. The van der Waals surface area contributed by atoms with Gasteiger partial charge in [0, 0.05) is 15.1 Å². The summed E-state index contributed by atoms with van der Waals surface area (Å²) in [4.78, 5) is 12.2. The van der Waals surface area contributed by atoms with E-state index in [2.05, 4.69) is 0 Å². The predicted octanol–water partition coefficient (Wildman–Crippen LogP) is 2.84. The average Bonchev–Trinajstić information content (AvgIpc) is 2.22. The van der Waals surface area contributed by atoms with Crippen LogP contribution in [0.4, 0.5) is 0 Å². The van der Waals surface area contributed by atoms with Crippen LogP contribution in [-0.2, 0) is 6.42 Å². The molecule has 0 fully saturated rings. The summed E-state index contributed by atoms with van der Waals surface area (Å²) in [5.74, 6) is -0.241. The van der Waals surface area contributed by atoms with Crippen molar-refractivity contribution < 1.29 is 8.91 Å². The lowest BCUT2D eigenvalue weighted by molar-refractivity contribution is 0.0811. The second-order valence-electron chi connectivity index (χ2n) is 3.82. The van der Waals surface area contributed by atoms with E-state index in [0.29, 0.717) is 18.4 Å². The number of carbonyl (C=O) groups excluding carboxylic acids is 1. The molecule has 0 bridgehead atoms. The number of hydrogen-bond donors (Lipinski definition) is 0.